The molecule has 3 rings (SSSR count). The minimum absolute atomic E-state index is 0.230. The van der Waals surface area contributed by atoms with E-state index in [4.69, 9.17) is 9.47 Å². The fourth-order valence-corrected chi connectivity index (χ4v) is 2.12. The van der Waals surface area contributed by atoms with Crippen molar-refractivity contribution >= 4 is 17.8 Å². The Labute approximate surface area is 127 Å². The van der Waals surface area contributed by atoms with Gasteiger partial charge >= 0.3 is 0 Å². The van der Waals surface area contributed by atoms with Crippen LogP contribution in [0.15, 0.2) is 47.6 Å². The van der Waals surface area contributed by atoms with Crippen LogP contribution in [0.3, 0.4) is 0 Å². The van der Waals surface area contributed by atoms with Crippen molar-refractivity contribution in [3.8, 4) is 11.5 Å². The van der Waals surface area contributed by atoms with E-state index < -0.39 is 0 Å². The number of amides is 1. The molecule has 0 atom stereocenters. The molecule has 0 bridgehead atoms. The summed E-state index contributed by atoms with van der Waals surface area (Å²) in [5.74, 6) is 1.11. The van der Waals surface area contributed by atoms with Gasteiger partial charge in [0.05, 0.1) is 11.8 Å². The van der Waals surface area contributed by atoms with Gasteiger partial charge in [-0.3, -0.25) is 4.79 Å². The third kappa shape index (κ3) is 2.85. The first-order chi connectivity index (χ1) is 10.8. The second-order valence-electron chi connectivity index (χ2n) is 4.61. The van der Waals surface area contributed by atoms with E-state index in [1.54, 1.807) is 31.5 Å². The summed E-state index contributed by atoms with van der Waals surface area (Å²) in [7, 11) is 1.77. The smallest absolute Gasteiger partial charge is 0.273 e. The lowest BCUT2D eigenvalue weighted by Crippen LogP contribution is -2.18. The number of ether oxygens (including phenoxy) is 2. The van der Waals surface area contributed by atoms with Crippen LogP contribution >= 0.6 is 0 Å². The normalized spacial score (nSPS) is 12.4. The van der Waals surface area contributed by atoms with Crippen molar-refractivity contribution in [1.29, 1.82) is 0 Å². The zero-order chi connectivity index (χ0) is 15.4. The Balaban J connectivity index is 1.68. The molecule has 0 saturated carbocycles. The molecule has 1 aliphatic rings. The topological polar surface area (TPSA) is 72.0 Å². The molecule has 2 aromatic carbocycles. The summed E-state index contributed by atoms with van der Waals surface area (Å²) in [6.45, 7) is 0.230. The lowest BCUT2D eigenvalue weighted by Gasteiger charge is -2.06. The second kappa shape index (κ2) is 6.17. The minimum atomic E-state index is -0.276. The van der Waals surface area contributed by atoms with E-state index in [0.29, 0.717) is 17.1 Å². The number of rotatable bonds is 4. The molecule has 1 amide bonds. The fourth-order valence-electron chi connectivity index (χ4n) is 2.12. The van der Waals surface area contributed by atoms with Crippen LogP contribution in [0.4, 0.5) is 5.69 Å². The lowest BCUT2D eigenvalue weighted by molar-refractivity contribution is 0.0956. The van der Waals surface area contributed by atoms with Crippen LogP contribution in [0.1, 0.15) is 15.9 Å². The van der Waals surface area contributed by atoms with E-state index >= 15 is 0 Å². The molecule has 2 aromatic rings. The first-order valence-corrected chi connectivity index (χ1v) is 6.78. The number of carbonyl (C=O) groups is 1. The number of para-hydroxylation sites is 1. The van der Waals surface area contributed by atoms with Gasteiger partial charge in [0.15, 0.2) is 11.5 Å². The van der Waals surface area contributed by atoms with Crippen molar-refractivity contribution in [2.75, 3.05) is 19.2 Å². The predicted molar refractivity (Wildman–Crippen MR) is 83.6 cm³/mol. The van der Waals surface area contributed by atoms with Crippen molar-refractivity contribution < 1.29 is 14.3 Å². The molecular formula is C16H15N3O3. The van der Waals surface area contributed by atoms with Crippen molar-refractivity contribution in [2.45, 2.75) is 0 Å². The van der Waals surface area contributed by atoms with Gasteiger partial charge in [-0.1, -0.05) is 12.1 Å². The van der Waals surface area contributed by atoms with Gasteiger partial charge in [0.1, 0.15) is 0 Å². The largest absolute Gasteiger partial charge is 0.454 e. The molecule has 0 aliphatic carbocycles. The van der Waals surface area contributed by atoms with Gasteiger partial charge in [0, 0.05) is 12.7 Å². The van der Waals surface area contributed by atoms with E-state index in [0.717, 1.165) is 11.3 Å². The number of anilines is 1. The highest BCUT2D eigenvalue weighted by atomic mass is 16.7. The molecular weight excluding hydrogens is 282 g/mol. The van der Waals surface area contributed by atoms with Crippen LogP contribution in [0, 0.1) is 0 Å². The zero-order valence-electron chi connectivity index (χ0n) is 12.0. The molecule has 6 nitrogen and oxygen atoms in total. The maximum atomic E-state index is 12.1. The standard InChI is InChI=1S/C16H15N3O3/c1-17-13-5-3-2-4-12(13)16(20)19-18-9-11-6-7-14-15(8-11)22-10-21-14/h2-9,17H,10H2,1H3,(H,19,20)/b18-9-. The Bertz CT molecular complexity index is 728. The van der Waals surface area contributed by atoms with E-state index in [1.807, 2.05) is 24.3 Å². The molecule has 112 valence electrons. The molecule has 0 radical (unpaired) electrons. The summed E-state index contributed by atoms with van der Waals surface area (Å²) in [6, 6.07) is 12.7. The molecule has 6 heteroatoms. The highest BCUT2D eigenvalue weighted by Gasteiger charge is 2.12. The summed E-state index contributed by atoms with van der Waals surface area (Å²) in [4.78, 5) is 12.1. The zero-order valence-corrected chi connectivity index (χ0v) is 12.0. The quantitative estimate of drug-likeness (QED) is 0.670. The van der Waals surface area contributed by atoms with Crippen LogP contribution in [0.2, 0.25) is 0 Å². The third-order valence-corrected chi connectivity index (χ3v) is 3.22. The molecule has 0 spiro atoms. The summed E-state index contributed by atoms with van der Waals surface area (Å²) in [5, 5.41) is 6.94. The second-order valence-corrected chi connectivity index (χ2v) is 4.61. The number of hydrogen-bond donors (Lipinski definition) is 2. The first kappa shape index (κ1) is 13.9. The fraction of sp³-hybridized carbons (Fsp3) is 0.125. The van der Waals surface area contributed by atoms with Crippen LogP contribution in [0.25, 0.3) is 0 Å². The van der Waals surface area contributed by atoms with Crippen molar-refractivity contribution in [2.24, 2.45) is 5.10 Å². The number of hydrogen-bond acceptors (Lipinski definition) is 5. The van der Waals surface area contributed by atoms with Crippen molar-refractivity contribution in [3.63, 3.8) is 0 Å². The average Bonchev–Trinajstić information content (AvgIpc) is 3.02. The SMILES string of the molecule is CNc1ccccc1C(=O)N/N=C\c1ccc2c(c1)OCO2. The van der Waals surface area contributed by atoms with Crippen molar-refractivity contribution in [1.82, 2.24) is 5.43 Å². The maximum Gasteiger partial charge on any atom is 0.273 e. The third-order valence-electron chi connectivity index (χ3n) is 3.22. The number of hydrazone groups is 1. The molecule has 0 aromatic heterocycles. The van der Waals surface area contributed by atoms with Gasteiger partial charge in [-0.15, -0.1) is 0 Å². The van der Waals surface area contributed by atoms with Gasteiger partial charge in [-0.2, -0.15) is 5.10 Å². The maximum absolute atomic E-state index is 12.1. The Morgan fingerprint density at radius 2 is 2.00 bits per heavy atom. The molecule has 1 aliphatic heterocycles. The Morgan fingerprint density at radius 3 is 2.86 bits per heavy atom. The van der Waals surface area contributed by atoms with Crippen LogP contribution < -0.4 is 20.2 Å². The number of carbonyl (C=O) groups excluding carboxylic acids is 1. The van der Waals surface area contributed by atoms with Crippen LogP contribution in [-0.2, 0) is 0 Å². The molecule has 0 fully saturated rings. The van der Waals surface area contributed by atoms with Gasteiger partial charge < -0.3 is 14.8 Å². The summed E-state index contributed by atoms with van der Waals surface area (Å²) in [6.07, 6.45) is 1.56. The summed E-state index contributed by atoms with van der Waals surface area (Å²) < 4.78 is 10.5. The summed E-state index contributed by atoms with van der Waals surface area (Å²) >= 11 is 0. The highest BCUT2D eigenvalue weighted by molar-refractivity contribution is 5.99. The van der Waals surface area contributed by atoms with Crippen LogP contribution in [0.5, 0.6) is 11.5 Å². The molecule has 0 unspecified atom stereocenters. The Hall–Kier alpha value is -3.02. The van der Waals surface area contributed by atoms with Gasteiger partial charge in [-0.25, -0.2) is 5.43 Å². The molecule has 0 saturated heterocycles. The van der Waals surface area contributed by atoms with Crippen LogP contribution in [-0.4, -0.2) is 26.0 Å². The molecule has 1 heterocycles. The number of nitrogens with one attached hydrogen (secondary N) is 2. The predicted octanol–water partition coefficient (Wildman–Crippen LogP) is 2.22. The van der Waals surface area contributed by atoms with Gasteiger partial charge in [0.2, 0.25) is 6.79 Å². The molecule has 2 N–H and O–H groups in total. The average molecular weight is 297 g/mol. The number of nitrogens with zero attached hydrogens (tertiary/aromatic N) is 1. The van der Waals surface area contributed by atoms with Gasteiger partial charge in [-0.05, 0) is 35.9 Å². The van der Waals surface area contributed by atoms with E-state index in [1.165, 1.54) is 0 Å². The van der Waals surface area contributed by atoms with E-state index in [2.05, 4.69) is 15.8 Å². The van der Waals surface area contributed by atoms with Crippen molar-refractivity contribution in [3.05, 3.63) is 53.6 Å². The summed E-state index contributed by atoms with van der Waals surface area (Å²) in [5.41, 5.74) is 4.60. The first-order valence-electron chi connectivity index (χ1n) is 6.78. The lowest BCUT2D eigenvalue weighted by atomic mass is 10.1. The highest BCUT2D eigenvalue weighted by Crippen LogP contribution is 2.31. The number of fused-ring (bicyclic) bond motifs is 1. The monoisotopic (exact) mass is 297 g/mol. The van der Waals surface area contributed by atoms with Gasteiger partial charge in [0.25, 0.3) is 5.91 Å². The minimum Gasteiger partial charge on any atom is -0.454 e. The Kier molecular flexibility index (Phi) is 3.91. The van der Waals surface area contributed by atoms with E-state index in [9.17, 15) is 4.79 Å². The Morgan fingerprint density at radius 1 is 1.18 bits per heavy atom. The number of benzene rings is 2. The van der Waals surface area contributed by atoms with E-state index in [-0.39, 0.29) is 12.7 Å². The molecule has 22 heavy (non-hydrogen) atoms.